The number of nitrogen functional groups attached to an aromatic ring is 2. The van der Waals surface area contributed by atoms with Crippen molar-refractivity contribution in [3.8, 4) is 5.75 Å². The van der Waals surface area contributed by atoms with E-state index in [-0.39, 0.29) is 33.7 Å². The van der Waals surface area contributed by atoms with E-state index in [1.165, 1.54) is 31.4 Å². The van der Waals surface area contributed by atoms with Gasteiger partial charge >= 0.3 is 11.9 Å². The van der Waals surface area contributed by atoms with Gasteiger partial charge in [0.05, 0.1) is 73.0 Å². The molecule has 0 aromatic heterocycles. The van der Waals surface area contributed by atoms with Crippen LogP contribution in [-0.4, -0.2) is 87.6 Å². The van der Waals surface area contributed by atoms with Gasteiger partial charge in [-0.2, -0.15) is 0 Å². The fourth-order valence-corrected chi connectivity index (χ4v) is 6.24. The number of aliphatic imine (C=N–C) groups is 1. The number of anilines is 4. The number of benzene rings is 4. The summed E-state index contributed by atoms with van der Waals surface area (Å²) in [6.45, 7) is 5.21. The van der Waals surface area contributed by atoms with Crippen LogP contribution in [0.5, 0.6) is 5.75 Å². The molecule has 3 heterocycles. The molecular formula is C39H41F4N5O7. The Hall–Kier alpha value is -5.87. The number of ether oxygens (including phenoxy) is 3. The number of hydrogen-bond donors (Lipinski definition) is 4. The number of carbonyl (C=O) groups is 2. The van der Waals surface area contributed by atoms with Gasteiger partial charge in [0.15, 0.2) is 0 Å². The van der Waals surface area contributed by atoms with Crippen LogP contribution in [0.3, 0.4) is 0 Å². The first-order chi connectivity index (χ1) is 26.4. The normalized spacial score (nSPS) is 15.0. The standard InChI is InChI=1S/C20H18F2N2O3.C12H15F2NO2.C7H8N2O2/c21-19(22)16-11-13(24-6-8-27-9-7-24)4-5-14(16)17-10-12-2-1-3-15(20(25)26)18(12)23-17;1-16-11-3-2-9(8-10(11)12(13)14)15-4-6-17-7-5-15;8-5-3-1-2-4(6(5)9)7(10)11/h1-5,11,19H,6-10H2,(H,25,26);2-3,8,12H,4-7H2,1H3;1-3H,8-9H2,(H,10,11). The molecule has 4 aromatic carbocycles. The second-order valence-corrected chi connectivity index (χ2v) is 12.5. The third kappa shape index (κ3) is 9.82. The highest BCUT2D eigenvalue weighted by molar-refractivity contribution is 6.10. The molecule has 2 fully saturated rings. The van der Waals surface area contributed by atoms with Crippen LogP contribution in [0.15, 0.2) is 77.8 Å². The Morgan fingerprint density at radius 2 is 1.27 bits per heavy atom. The van der Waals surface area contributed by atoms with E-state index >= 15 is 0 Å². The lowest BCUT2D eigenvalue weighted by Gasteiger charge is -2.29. The third-order valence-corrected chi connectivity index (χ3v) is 9.11. The number of alkyl halides is 4. The molecule has 12 nitrogen and oxygen atoms in total. The van der Waals surface area contributed by atoms with E-state index in [9.17, 15) is 32.3 Å². The minimum Gasteiger partial charge on any atom is -0.496 e. The van der Waals surface area contributed by atoms with Crippen molar-refractivity contribution in [1.29, 1.82) is 0 Å². The highest BCUT2D eigenvalue weighted by Crippen LogP contribution is 2.37. The molecule has 292 valence electrons. The second kappa shape index (κ2) is 18.4. The summed E-state index contributed by atoms with van der Waals surface area (Å²) in [4.78, 5) is 30.3. The number of morpholine rings is 2. The molecule has 3 aliphatic rings. The molecule has 0 bridgehead atoms. The van der Waals surface area contributed by atoms with E-state index in [1.54, 1.807) is 42.5 Å². The van der Waals surface area contributed by atoms with Gasteiger partial charge in [0.2, 0.25) is 0 Å². The fraction of sp³-hybridized carbons (Fsp3) is 0.308. The van der Waals surface area contributed by atoms with Crippen LogP contribution < -0.4 is 26.0 Å². The molecule has 0 amide bonds. The average molecular weight is 768 g/mol. The molecule has 0 unspecified atom stereocenters. The number of halogens is 4. The maximum absolute atomic E-state index is 13.8. The van der Waals surface area contributed by atoms with Crippen LogP contribution in [0.25, 0.3) is 0 Å². The van der Waals surface area contributed by atoms with Crippen molar-refractivity contribution < 1.29 is 51.6 Å². The summed E-state index contributed by atoms with van der Waals surface area (Å²) in [5.74, 6) is -1.90. The van der Waals surface area contributed by atoms with Crippen molar-refractivity contribution in [2.75, 3.05) is 81.0 Å². The van der Waals surface area contributed by atoms with Gasteiger partial charge in [-0.3, -0.25) is 4.99 Å². The Balaban J connectivity index is 0.000000177. The lowest BCUT2D eigenvalue weighted by molar-refractivity contribution is 0.0687. The van der Waals surface area contributed by atoms with Crippen molar-refractivity contribution in [1.82, 2.24) is 0 Å². The van der Waals surface area contributed by atoms with Gasteiger partial charge < -0.3 is 45.7 Å². The summed E-state index contributed by atoms with van der Waals surface area (Å²) in [5, 5.41) is 17.9. The van der Waals surface area contributed by atoms with E-state index in [2.05, 4.69) is 4.99 Å². The monoisotopic (exact) mass is 767 g/mol. The number of aromatic carboxylic acids is 2. The minimum absolute atomic E-state index is 0.0463. The third-order valence-electron chi connectivity index (χ3n) is 9.11. The van der Waals surface area contributed by atoms with Gasteiger partial charge in [-0.15, -0.1) is 0 Å². The maximum Gasteiger partial charge on any atom is 0.337 e. The molecule has 0 saturated carbocycles. The number of carboxylic acid groups (broad SMARTS) is 2. The molecule has 7 rings (SSSR count). The number of methoxy groups -OCH3 is 1. The summed E-state index contributed by atoms with van der Waals surface area (Å²) in [5.41, 5.74) is 14.6. The number of nitrogens with zero attached hydrogens (tertiary/aromatic N) is 3. The molecule has 16 heteroatoms. The zero-order valence-corrected chi connectivity index (χ0v) is 29.9. The number of fused-ring (bicyclic) bond motifs is 1. The summed E-state index contributed by atoms with van der Waals surface area (Å²) in [6.07, 6.45) is -4.83. The summed E-state index contributed by atoms with van der Waals surface area (Å²) >= 11 is 0. The van der Waals surface area contributed by atoms with Crippen LogP contribution in [0.1, 0.15) is 55.8 Å². The predicted octanol–water partition coefficient (Wildman–Crippen LogP) is 6.85. The molecule has 2 saturated heterocycles. The van der Waals surface area contributed by atoms with Crippen molar-refractivity contribution in [2.45, 2.75) is 19.3 Å². The molecule has 0 radical (unpaired) electrons. The predicted molar refractivity (Wildman–Crippen MR) is 201 cm³/mol. The number of para-hydroxylation sites is 2. The molecule has 4 aromatic rings. The van der Waals surface area contributed by atoms with Crippen molar-refractivity contribution >= 4 is 46.1 Å². The van der Waals surface area contributed by atoms with Gasteiger partial charge in [0, 0.05) is 55.1 Å². The van der Waals surface area contributed by atoms with Gasteiger partial charge in [-0.05, 0) is 54.1 Å². The lowest BCUT2D eigenvalue weighted by Crippen LogP contribution is -2.36. The maximum atomic E-state index is 13.8. The Kier molecular flexibility index (Phi) is 13.5. The Bertz CT molecular complexity index is 2020. The van der Waals surface area contributed by atoms with Crippen LogP contribution in [0.2, 0.25) is 0 Å². The quantitative estimate of drug-likeness (QED) is 0.109. The molecule has 0 spiro atoms. The second-order valence-electron chi connectivity index (χ2n) is 12.5. The fourth-order valence-electron chi connectivity index (χ4n) is 6.24. The van der Waals surface area contributed by atoms with Crippen LogP contribution in [-0.2, 0) is 15.9 Å². The SMILES string of the molecule is COc1ccc(N2CCOCC2)cc1C(F)F.Nc1cccc(C(=O)O)c1N.O=C(O)c1cccc2c1N=C(c1ccc(N3CCOCC3)cc1C(F)F)C2. The van der Waals surface area contributed by atoms with Gasteiger partial charge in [-0.1, -0.05) is 24.3 Å². The highest BCUT2D eigenvalue weighted by atomic mass is 19.3. The van der Waals surface area contributed by atoms with E-state index < -0.39 is 24.8 Å². The van der Waals surface area contributed by atoms with E-state index in [0.29, 0.717) is 68.6 Å². The highest BCUT2D eigenvalue weighted by Gasteiger charge is 2.26. The number of rotatable bonds is 8. The summed E-state index contributed by atoms with van der Waals surface area (Å²) in [7, 11) is 1.40. The Morgan fingerprint density at radius 1 is 0.745 bits per heavy atom. The van der Waals surface area contributed by atoms with Gasteiger partial charge in [0.1, 0.15) is 5.75 Å². The lowest BCUT2D eigenvalue weighted by atomic mass is 9.98. The molecule has 6 N–H and O–H groups in total. The zero-order chi connectivity index (χ0) is 39.6. The first-order valence-electron chi connectivity index (χ1n) is 17.2. The van der Waals surface area contributed by atoms with Gasteiger partial charge in [0.25, 0.3) is 12.9 Å². The van der Waals surface area contributed by atoms with E-state index in [4.69, 9.17) is 30.8 Å². The molecule has 0 atom stereocenters. The molecule has 0 aliphatic carbocycles. The molecule has 3 aliphatic heterocycles. The van der Waals surface area contributed by atoms with Gasteiger partial charge in [-0.25, -0.2) is 27.2 Å². The van der Waals surface area contributed by atoms with E-state index in [1.807, 2.05) is 15.9 Å². The summed E-state index contributed by atoms with van der Waals surface area (Å²) in [6, 6.07) is 19.3. The Morgan fingerprint density at radius 3 is 1.80 bits per heavy atom. The van der Waals surface area contributed by atoms with Crippen molar-refractivity contribution in [3.63, 3.8) is 0 Å². The van der Waals surface area contributed by atoms with E-state index in [0.717, 1.165) is 30.0 Å². The van der Waals surface area contributed by atoms with Crippen molar-refractivity contribution in [2.24, 2.45) is 4.99 Å². The van der Waals surface area contributed by atoms with Crippen LogP contribution in [0.4, 0.5) is 46.0 Å². The zero-order valence-electron chi connectivity index (χ0n) is 29.9. The molecular weight excluding hydrogens is 726 g/mol. The summed E-state index contributed by atoms with van der Waals surface area (Å²) < 4.78 is 68.7. The topological polar surface area (TPSA) is 173 Å². The molecule has 55 heavy (non-hydrogen) atoms. The van der Waals surface area contributed by atoms with Crippen LogP contribution in [0, 0.1) is 0 Å². The van der Waals surface area contributed by atoms with Crippen LogP contribution >= 0.6 is 0 Å². The smallest absolute Gasteiger partial charge is 0.337 e. The minimum atomic E-state index is -2.65. The number of hydrogen-bond acceptors (Lipinski definition) is 10. The first kappa shape index (κ1) is 40.3. The number of nitrogens with two attached hydrogens (primary N) is 2. The average Bonchev–Trinajstić information content (AvgIpc) is 3.64. The van der Waals surface area contributed by atoms with Crippen molar-refractivity contribution in [3.05, 3.63) is 106 Å². The number of carboxylic acids is 2. The Labute approximate surface area is 314 Å². The first-order valence-corrected chi connectivity index (χ1v) is 17.2. The largest absolute Gasteiger partial charge is 0.496 e.